The first kappa shape index (κ1) is 16.8. The molecule has 4 nitrogen and oxygen atoms in total. The fourth-order valence-corrected chi connectivity index (χ4v) is 4.05. The first-order valence-corrected chi connectivity index (χ1v) is 9.63. The molecule has 1 aromatic rings. The summed E-state index contributed by atoms with van der Waals surface area (Å²) in [4.78, 5) is 19.4. The summed E-state index contributed by atoms with van der Waals surface area (Å²) in [5.74, 6) is 0.616. The maximum Gasteiger partial charge on any atom is 0.411 e. The summed E-state index contributed by atoms with van der Waals surface area (Å²) in [5, 5.41) is 0. The molecule has 25 heavy (non-hydrogen) atoms. The molecule has 0 spiro atoms. The van der Waals surface area contributed by atoms with Crippen LogP contribution in [0.5, 0.6) is 0 Å². The maximum atomic E-state index is 12.7. The van der Waals surface area contributed by atoms with Crippen molar-refractivity contribution in [2.45, 2.75) is 51.3 Å². The van der Waals surface area contributed by atoms with E-state index in [-0.39, 0.29) is 12.1 Å². The van der Waals surface area contributed by atoms with Gasteiger partial charge in [-0.25, -0.2) is 4.79 Å². The molecule has 3 atom stereocenters. The third-order valence-electron chi connectivity index (χ3n) is 5.02. The molecule has 0 radical (unpaired) electrons. The minimum Gasteiger partial charge on any atom is -0.444 e. The summed E-state index contributed by atoms with van der Waals surface area (Å²) in [6, 6.07) is 8.70. The third kappa shape index (κ3) is 3.39. The normalized spacial score (nSPS) is 27.7. The second-order valence-corrected chi connectivity index (χ2v) is 9.04. The number of fused-ring (bicyclic) bond motifs is 1. The van der Waals surface area contributed by atoms with Crippen molar-refractivity contribution in [2.75, 3.05) is 6.54 Å². The molecular weight excluding hydrogens is 380 g/mol. The van der Waals surface area contributed by atoms with Crippen molar-refractivity contribution in [1.82, 2.24) is 4.90 Å². The van der Waals surface area contributed by atoms with Crippen molar-refractivity contribution in [1.29, 1.82) is 0 Å². The van der Waals surface area contributed by atoms with Gasteiger partial charge in [-0.05, 0) is 68.9 Å². The van der Waals surface area contributed by atoms with E-state index in [0.29, 0.717) is 18.5 Å². The molecule has 1 aliphatic carbocycles. The van der Waals surface area contributed by atoms with Crippen molar-refractivity contribution >= 4 is 33.3 Å². The minimum atomic E-state index is -0.468. The Bertz CT molecular complexity index is 761. The molecule has 3 aliphatic rings. The largest absolute Gasteiger partial charge is 0.444 e. The minimum absolute atomic E-state index is 0.0616. The molecule has 1 amide bonds. The number of ether oxygens (including phenoxy) is 1. The van der Waals surface area contributed by atoms with Crippen LogP contribution in [0.3, 0.4) is 0 Å². The Kier molecular flexibility index (Phi) is 4.02. The Morgan fingerprint density at radius 2 is 1.96 bits per heavy atom. The third-order valence-corrected chi connectivity index (χ3v) is 5.55. The van der Waals surface area contributed by atoms with Gasteiger partial charge in [0.2, 0.25) is 0 Å². The van der Waals surface area contributed by atoms with Gasteiger partial charge >= 0.3 is 6.09 Å². The second-order valence-electron chi connectivity index (χ2n) is 8.12. The van der Waals surface area contributed by atoms with Crippen molar-refractivity contribution in [3.63, 3.8) is 0 Å². The Hall–Kier alpha value is -1.62. The summed E-state index contributed by atoms with van der Waals surface area (Å²) in [6.45, 7) is 6.43. The number of piperidine rings is 1. The van der Waals surface area contributed by atoms with Crippen molar-refractivity contribution in [2.24, 2.45) is 10.9 Å². The van der Waals surface area contributed by atoms with Crippen molar-refractivity contribution in [3.05, 3.63) is 40.4 Å². The topological polar surface area (TPSA) is 41.9 Å². The van der Waals surface area contributed by atoms with Gasteiger partial charge < -0.3 is 4.74 Å². The number of halogens is 1. The highest BCUT2D eigenvalue weighted by Crippen LogP contribution is 2.49. The van der Waals surface area contributed by atoms with Gasteiger partial charge in [-0.1, -0.05) is 28.1 Å². The highest BCUT2D eigenvalue weighted by Gasteiger charge is 2.56. The van der Waals surface area contributed by atoms with Crippen LogP contribution in [0.2, 0.25) is 0 Å². The first-order chi connectivity index (χ1) is 11.8. The number of nitrogens with zero attached hydrogens (tertiary/aromatic N) is 2. The van der Waals surface area contributed by atoms with E-state index in [1.807, 2.05) is 37.8 Å². The van der Waals surface area contributed by atoms with Crippen LogP contribution in [0.1, 0.15) is 39.2 Å². The summed E-state index contributed by atoms with van der Waals surface area (Å²) >= 11 is 3.47. The van der Waals surface area contributed by atoms with E-state index in [0.717, 1.165) is 23.0 Å². The number of benzene rings is 1. The van der Waals surface area contributed by atoms with E-state index in [1.54, 1.807) is 0 Å². The Morgan fingerprint density at radius 1 is 1.24 bits per heavy atom. The van der Waals surface area contributed by atoms with Crippen LogP contribution in [-0.4, -0.2) is 40.9 Å². The van der Waals surface area contributed by atoms with E-state index in [2.05, 4.69) is 34.1 Å². The van der Waals surface area contributed by atoms with E-state index >= 15 is 0 Å². The molecule has 0 unspecified atom stereocenters. The van der Waals surface area contributed by atoms with Crippen LogP contribution in [0.15, 0.2) is 39.8 Å². The Morgan fingerprint density at radius 3 is 2.64 bits per heavy atom. The Labute approximate surface area is 157 Å². The molecule has 0 aromatic heterocycles. The molecule has 0 bridgehead atoms. The average Bonchev–Trinajstić information content (AvgIpc) is 2.97. The average molecular weight is 403 g/mol. The van der Waals surface area contributed by atoms with Crippen molar-refractivity contribution < 1.29 is 9.53 Å². The number of amides is 1. The molecule has 1 saturated carbocycles. The lowest BCUT2D eigenvalue weighted by Gasteiger charge is -2.30. The summed E-state index contributed by atoms with van der Waals surface area (Å²) in [7, 11) is 0. The van der Waals surface area contributed by atoms with Gasteiger partial charge in [0.25, 0.3) is 0 Å². The number of hydrogen-bond donors (Lipinski definition) is 0. The van der Waals surface area contributed by atoms with E-state index in [1.165, 1.54) is 11.1 Å². The van der Waals surface area contributed by atoms with Gasteiger partial charge in [0.15, 0.2) is 0 Å². The van der Waals surface area contributed by atoms with Gasteiger partial charge in [0.1, 0.15) is 5.60 Å². The van der Waals surface area contributed by atoms with Crippen LogP contribution in [0.4, 0.5) is 4.79 Å². The highest BCUT2D eigenvalue weighted by atomic mass is 79.9. The quantitative estimate of drug-likeness (QED) is 0.719. The highest BCUT2D eigenvalue weighted by molar-refractivity contribution is 9.10. The number of hydrogen-bond acceptors (Lipinski definition) is 3. The van der Waals surface area contributed by atoms with Gasteiger partial charge in [-0.2, -0.15) is 0 Å². The fraction of sp³-hybridized carbons (Fsp3) is 0.500. The van der Waals surface area contributed by atoms with Crippen LogP contribution in [0.25, 0.3) is 5.57 Å². The van der Waals surface area contributed by atoms with E-state index < -0.39 is 5.60 Å². The first-order valence-electron chi connectivity index (χ1n) is 8.84. The molecule has 2 heterocycles. The number of carbonyl (C=O) groups excluding carboxylic acids is 1. The summed E-state index contributed by atoms with van der Waals surface area (Å²) in [5.41, 5.74) is 2.96. The van der Waals surface area contributed by atoms with Crippen LogP contribution in [-0.2, 0) is 4.74 Å². The number of rotatable bonds is 2. The number of likely N-dealkylation sites (tertiary alicyclic amines) is 1. The summed E-state index contributed by atoms with van der Waals surface area (Å²) < 4.78 is 6.71. The van der Waals surface area contributed by atoms with Crippen LogP contribution in [0, 0.1) is 5.92 Å². The number of aliphatic imine (C=N–C) groups is 1. The standard InChI is InChI=1S/C20H23BrN2O2/c1-20(2,3)25-19(24)23-17-9-13(17)10-18(23)16-8-14(11-22-16)12-4-6-15(21)7-5-12/h4-8,13,17-18H,9-11H2,1-3H3/t13-,17-,18+/m1/s1. The fourth-order valence-electron chi connectivity index (χ4n) is 3.78. The zero-order valence-corrected chi connectivity index (χ0v) is 16.4. The maximum absolute atomic E-state index is 12.7. The lowest BCUT2D eigenvalue weighted by atomic mass is 10.0. The lowest BCUT2D eigenvalue weighted by Crippen LogP contribution is -2.45. The second kappa shape index (κ2) is 5.97. The van der Waals surface area contributed by atoms with Crippen molar-refractivity contribution in [3.8, 4) is 0 Å². The zero-order chi connectivity index (χ0) is 17.8. The number of carbonyl (C=O) groups is 1. The SMILES string of the molecule is CC(C)(C)OC(=O)N1[C@@H]2C[C@@H]2C[C@H]1C1=NCC(c2ccc(Br)cc2)=C1. The van der Waals surface area contributed by atoms with Gasteiger partial charge in [0.05, 0.1) is 18.3 Å². The molecule has 0 N–H and O–H groups in total. The van der Waals surface area contributed by atoms with Gasteiger partial charge in [0, 0.05) is 10.5 Å². The molecule has 5 heteroatoms. The summed E-state index contributed by atoms with van der Waals surface area (Å²) in [6.07, 6.45) is 4.07. The van der Waals surface area contributed by atoms with E-state index in [9.17, 15) is 4.79 Å². The molecule has 4 rings (SSSR count). The van der Waals surface area contributed by atoms with Crippen LogP contribution < -0.4 is 0 Å². The smallest absolute Gasteiger partial charge is 0.411 e. The molecule has 132 valence electrons. The predicted molar refractivity (Wildman–Crippen MR) is 103 cm³/mol. The predicted octanol–water partition coefficient (Wildman–Crippen LogP) is 4.69. The molecular formula is C20H23BrN2O2. The van der Waals surface area contributed by atoms with Crippen LogP contribution >= 0.6 is 15.9 Å². The van der Waals surface area contributed by atoms with E-state index in [4.69, 9.17) is 9.73 Å². The Balaban J connectivity index is 1.53. The molecule has 2 fully saturated rings. The lowest BCUT2D eigenvalue weighted by molar-refractivity contribution is 0.0231. The zero-order valence-electron chi connectivity index (χ0n) is 14.8. The van der Waals surface area contributed by atoms with Gasteiger partial charge in [-0.3, -0.25) is 9.89 Å². The molecule has 1 saturated heterocycles. The molecule has 1 aromatic carbocycles. The monoisotopic (exact) mass is 402 g/mol. The molecule has 2 aliphatic heterocycles. The van der Waals surface area contributed by atoms with Gasteiger partial charge in [-0.15, -0.1) is 0 Å².